The molecule has 0 atom stereocenters. The number of carbonyl (C=O) groups is 2. The van der Waals surface area contributed by atoms with Crippen LogP contribution >= 0.6 is 0 Å². The third-order valence-corrected chi connectivity index (χ3v) is 4.24. The van der Waals surface area contributed by atoms with Gasteiger partial charge in [0.15, 0.2) is 0 Å². The summed E-state index contributed by atoms with van der Waals surface area (Å²) >= 11 is 0. The predicted molar refractivity (Wildman–Crippen MR) is 81.1 cm³/mol. The molecule has 1 fully saturated rings. The topological polar surface area (TPSA) is 60.9 Å². The van der Waals surface area contributed by atoms with Crippen molar-refractivity contribution in [1.82, 2.24) is 9.80 Å². The van der Waals surface area contributed by atoms with Gasteiger partial charge in [-0.2, -0.15) is 0 Å². The highest BCUT2D eigenvalue weighted by atomic mass is 16.4. The van der Waals surface area contributed by atoms with Gasteiger partial charge < -0.3 is 14.9 Å². The van der Waals surface area contributed by atoms with Crippen molar-refractivity contribution in [1.29, 1.82) is 0 Å². The Morgan fingerprint density at radius 1 is 1.38 bits per heavy atom. The Morgan fingerprint density at radius 3 is 2.48 bits per heavy atom. The van der Waals surface area contributed by atoms with Gasteiger partial charge in [-0.3, -0.25) is 4.79 Å². The van der Waals surface area contributed by atoms with E-state index >= 15 is 0 Å². The second-order valence-corrected chi connectivity index (χ2v) is 7.03. The third kappa shape index (κ3) is 4.22. The SMILES string of the molecule is CC(C)(C)C1=CCN(C(=O)N(CCC(=O)O)C2CC2)CC1. The third-order valence-electron chi connectivity index (χ3n) is 4.24. The van der Waals surface area contributed by atoms with Gasteiger partial charge in [0.05, 0.1) is 6.42 Å². The zero-order valence-corrected chi connectivity index (χ0v) is 13.3. The molecule has 5 heteroatoms. The Morgan fingerprint density at radius 2 is 2.05 bits per heavy atom. The molecule has 2 aliphatic rings. The Kier molecular flexibility index (Phi) is 4.59. The van der Waals surface area contributed by atoms with E-state index in [-0.39, 0.29) is 23.9 Å². The lowest BCUT2D eigenvalue weighted by molar-refractivity contribution is -0.137. The lowest BCUT2D eigenvalue weighted by Gasteiger charge is -2.35. The van der Waals surface area contributed by atoms with Gasteiger partial charge in [-0.1, -0.05) is 32.4 Å². The molecule has 0 unspecified atom stereocenters. The highest BCUT2D eigenvalue weighted by molar-refractivity contribution is 5.76. The van der Waals surface area contributed by atoms with Crippen molar-refractivity contribution in [3.05, 3.63) is 11.6 Å². The first-order valence-corrected chi connectivity index (χ1v) is 7.76. The summed E-state index contributed by atoms with van der Waals surface area (Å²) in [6, 6.07) is 0.257. The van der Waals surface area contributed by atoms with Crippen LogP contribution in [0.15, 0.2) is 11.6 Å². The Bertz CT molecular complexity index is 447. The lowest BCUT2D eigenvalue weighted by Crippen LogP contribution is -2.47. The van der Waals surface area contributed by atoms with Crippen molar-refractivity contribution in [2.75, 3.05) is 19.6 Å². The van der Waals surface area contributed by atoms with Gasteiger partial charge in [-0.05, 0) is 24.7 Å². The fourth-order valence-electron chi connectivity index (χ4n) is 2.74. The van der Waals surface area contributed by atoms with E-state index in [4.69, 9.17) is 5.11 Å². The number of carboxylic acid groups (broad SMARTS) is 1. The average Bonchev–Trinajstić information content (AvgIpc) is 3.22. The van der Waals surface area contributed by atoms with Crippen LogP contribution in [0.4, 0.5) is 4.79 Å². The molecule has 5 nitrogen and oxygen atoms in total. The van der Waals surface area contributed by atoms with Gasteiger partial charge >= 0.3 is 12.0 Å². The van der Waals surface area contributed by atoms with Crippen LogP contribution in [0, 0.1) is 5.41 Å². The molecule has 1 aliphatic heterocycles. The molecule has 1 N–H and O–H groups in total. The summed E-state index contributed by atoms with van der Waals surface area (Å²) in [7, 11) is 0. The second kappa shape index (κ2) is 6.08. The van der Waals surface area contributed by atoms with Crippen LogP contribution in [0.3, 0.4) is 0 Å². The van der Waals surface area contributed by atoms with E-state index in [0.29, 0.717) is 13.1 Å². The minimum atomic E-state index is -0.845. The van der Waals surface area contributed by atoms with Crippen molar-refractivity contribution in [3.8, 4) is 0 Å². The Labute approximate surface area is 126 Å². The molecule has 1 aliphatic carbocycles. The molecule has 0 spiro atoms. The average molecular weight is 294 g/mol. The van der Waals surface area contributed by atoms with Gasteiger partial charge in [-0.15, -0.1) is 0 Å². The number of nitrogens with zero attached hydrogens (tertiary/aromatic N) is 2. The summed E-state index contributed by atoms with van der Waals surface area (Å²) < 4.78 is 0. The van der Waals surface area contributed by atoms with Gasteiger partial charge in [0.25, 0.3) is 0 Å². The number of amides is 2. The second-order valence-electron chi connectivity index (χ2n) is 7.03. The molecule has 0 bridgehead atoms. The molecular weight excluding hydrogens is 268 g/mol. The number of rotatable bonds is 4. The zero-order chi connectivity index (χ0) is 15.6. The molecule has 0 aromatic carbocycles. The summed E-state index contributed by atoms with van der Waals surface area (Å²) in [6.07, 6.45) is 5.10. The molecule has 0 radical (unpaired) electrons. The summed E-state index contributed by atoms with van der Waals surface area (Å²) in [5.74, 6) is -0.845. The van der Waals surface area contributed by atoms with E-state index in [1.807, 2.05) is 4.90 Å². The van der Waals surface area contributed by atoms with E-state index < -0.39 is 5.97 Å². The van der Waals surface area contributed by atoms with Crippen molar-refractivity contribution in [2.45, 2.75) is 52.5 Å². The van der Waals surface area contributed by atoms with Crippen LogP contribution in [0.2, 0.25) is 0 Å². The van der Waals surface area contributed by atoms with Gasteiger partial charge in [-0.25, -0.2) is 4.79 Å². The maximum Gasteiger partial charge on any atom is 0.320 e. The molecule has 2 rings (SSSR count). The van der Waals surface area contributed by atoms with Gasteiger partial charge in [0.2, 0.25) is 0 Å². The lowest BCUT2D eigenvalue weighted by atomic mass is 9.83. The monoisotopic (exact) mass is 294 g/mol. The molecule has 0 aromatic rings. The van der Waals surface area contributed by atoms with Crippen molar-refractivity contribution in [3.63, 3.8) is 0 Å². The van der Waals surface area contributed by atoms with Crippen LogP contribution < -0.4 is 0 Å². The van der Waals surface area contributed by atoms with E-state index in [2.05, 4.69) is 26.8 Å². The van der Waals surface area contributed by atoms with Crippen molar-refractivity contribution >= 4 is 12.0 Å². The van der Waals surface area contributed by atoms with Crippen LogP contribution in [0.1, 0.15) is 46.5 Å². The van der Waals surface area contributed by atoms with E-state index in [1.165, 1.54) is 5.57 Å². The first-order valence-electron chi connectivity index (χ1n) is 7.76. The quantitative estimate of drug-likeness (QED) is 0.811. The summed E-state index contributed by atoms with van der Waals surface area (Å²) in [5, 5.41) is 8.82. The van der Waals surface area contributed by atoms with Crippen LogP contribution in [-0.2, 0) is 4.79 Å². The first-order chi connectivity index (χ1) is 9.79. The van der Waals surface area contributed by atoms with Crippen LogP contribution in [-0.4, -0.2) is 52.6 Å². The highest BCUT2D eigenvalue weighted by Gasteiger charge is 2.35. The molecule has 0 aromatic heterocycles. The molecule has 2 amide bonds. The standard InChI is InChI=1S/C16H26N2O3/c1-16(2,3)12-6-9-17(10-7-12)15(21)18(13-4-5-13)11-8-14(19)20/h6,13H,4-5,7-11H2,1-3H3,(H,19,20). The molecular formula is C16H26N2O3. The van der Waals surface area contributed by atoms with Crippen molar-refractivity contribution < 1.29 is 14.7 Å². The first kappa shape index (κ1) is 15.9. The number of carbonyl (C=O) groups excluding carboxylic acids is 1. The highest BCUT2D eigenvalue weighted by Crippen LogP contribution is 2.32. The summed E-state index contributed by atoms with van der Waals surface area (Å²) in [4.78, 5) is 26.9. The number of hydrogen-bond donors (Lipinski definition) is 1. The molecule has 1 heterocycles. The Balaban J connectivity index is 1.96. The normalized spacial score (nSPS) is 19.2. The largest absolute Gasteiger partial charge is 0.481 e. The van der Waals surface area contributed by atoms with Crippen molar-refractivity contribution in [2.24, 2.45) is 5.41 Å². The fourth-order valence-corrected chi connectivity index (χ4v) is 2.74. The van der Waals surface area contributed by atoms with Gasteiger partial charge in [0, 0.05) is 25.7 Å². The maximum absolute atomic E-state index is 12.6. The summed E-state index contributed by atoms with van der Waals surface area (Å²) in [6.45, 7) is 8.28. The van der Waals surface area contributed by atoms with E-state index in [0.717, 1.165) is 25.8 Å². The minimum absolute atomic E-state index is 0.00274. The Hall–Kier alpha value is -1.52. The number of hydrogen-bond acceptors (Lipinski definition) is 2. The van der Waals surface area contributed by atoms with Crippen LogP contribution in [0.5, 0.6) is 0 Å². The van der Waals surface area contributed by atoms with Crippen LogP contribution in [0.25, 0.3) is 0 Å². The van der Waals surface area contributed by atoms with E-state index in [9.17, 15) is 9.59 Å². The number of carboxylic acids is 1. The maximum atomic E-state index is 12.6. The molecule has 1 saturated carbocycles. The van der Waals surface area contributed by atoms with Gasteiger partial charge in [0.1, 0.15) is 0 Å². The van der Waals surface area contributed by atoms with E-state index in [1.54, 1.807) is 4.90 Å². The molecule has 118 valence electrons. The molecule has 21 heavy (non-hydrogen) atoms. The zero-order valence-electron chi connectivity index (χ0n) is 13.3. The number of urea groups is 1. The minimum Gasteiger partial charge on any atom is -0.481 e. The molecule has 0 saturated heterocycles. The predicted octanol–water partition coefficient (Wildman–Crippen LogP) is 2.72. The summed E-state index contributed by atoms with van der Waals surface area (Å²) in [5.41, 5.74) is 1.56. The fraction of sp³-hybridized carbons (Fsp3) is 0.750. The number of aliphatic carboxylic acids is 1. The smallest absolute Gasteiger partial charge is 0.320 e.